The maximum Gasteiger partial charge on any atom is 0.113 e. The van der Waals surface area contributed by atoms with Crippen LogP contribution in [0.1, 0.15) is 39.7 Å². The minimum atomic E-state index is 0.756. The van der Waals surface area contributed by atoms with Gasteiger partial charge in [-0.2, -0.15) is 0 Å². The van der Waals surface area contributed by atoms with E-state index in [0.29, 0.717) is 0 Å². The number of hydrogen-bond donors (Lipinski definition) is 0. The van der Waals surface area contributed by atoms with Crippen LogP contribution in [0.2, 0.25) is 0 Å². The van der Waals surface area contributed by atoms with E-state index in [2.05, 4.69) is 26.0 Å². The Morgan fingerprint density at radius 1 is 1.29 bits per heavy atom. The van der Waals surface area contributed by atoms with Crippen LogP contribution in [0.5, 0.6) is 0 Å². The summed E-state index contributed by atoms with van der Waals surface area (Å²) in [6, 6.07) is 8.15. The Morgan fingerprint density at radius 3 is 2.43 bits per heavy atom. The molecule has 1 aromatic rings. The predicted molar refractivity (Wildman–Crippen MR) is 66.3 cm³/mol. The van der Waals surface area contributed by atoms with Crippen molar-refractivity contribution in [2.24, 2.45) is 5.92 Å². The molecule has 0 heterocycles. The molecule has 0 aliphatic heterocycles. The Kier molecular flexibility index (Phi) is 7.28. The van der Waals surface area contributed by atoms with Crippen LogP contribution >= 0.6 is 0 Å². The van der Waals surface area contributed by atoms with Crippen molar-refractivity contribution in [2.45, 2.75) is 40.5 Å². The Morgan fingerprint density at radius 2 is 1.93 bits per heavy atom. The fourth-order valence-electron chi connectivity index (χ4n) is 1.27. The molecule has 0 N–H and O–H groups in total. The first-order chi connectivity index (χ1) is 6.72. The topological polar surface area (TPSA) is 0 Å². The average Bonchev–Trinajstić information content (AvgIpc) is 2.21. The molecule has 2 radical (unpaired) electrons. The zero-order valence-electron chi connectivity index (χ0n) is 9.88. The zero-order valence-corrected chi connectivity index (χ0v) is 9.88. The van der Waals surface area contributed by atoms with Crippen LogP contribution in [0, 0.1) is 5.92 Å². The fourth-order valence-corrected chi connectivity index (χ4v) is 1.27. The summed E-state index contributed by atoms with van der Waals surface area (Å²) in [5, 5.41) is 0. The van der Waals surface area contributed by atoms with Gasteiger partial charge in [0.05, 0.1) is 0 Å². The number of hydrogen-bond acceptors (Lipinski definition) is 0. The quantitative estimate of drug-likeness (QED) is 0.639. The molecule has 1 heteroatoms. The minimum Gasteiger partial charge on any atom is -0.0964 e. The van der Waals surface area contributed by atoms with E-state index in [-0.39, 0.29) is 0 Å². The zero-order chi connectivity index (χ0) is 11.0. The van der Waals surface area contributed by atoms with Gasteiger partial charge in [0.25, 0.3) is 0 Å². The summed E-state index contributed by atoms with van der Waals surface area (Å²) in [5.41, 5.74) is 2.22. The fraction of sp³-hybridized carbons (Fsp3) is 0.538. The Balaban J connectivity index is 0.000000791. The smallest absolute Gasteiger partial charge is 0.0964 e. The summed E-state index contributed by atoms with van der Waals surface area (Å²) in [6.07, 6.45) is 2.37. The molecule has 76 valence electrons. The Hall–Kier alpha value is -0.715. The lowest BCUT2D eigenvalue weighted by Gasteiger charge is -2.08. The molecule has 0 spiro atoms. The van der Waals surface area contributed by atoms with Gasteiger partial charge < -0.3 is 0 Å². The van der Waals surface area contributed by atoms with Gasteiger partial charge in [-0.25, -0.2) is 0 Å². The lowest BCUT2D eigenvalue weighted by Crippen LogP contribution is -2.05. The van der Waals surface area contributed by atoms with Crippen LogP contribution in [0.25, 0.3) is 0 Å². The molecule has 1 aromatic carbocycles. The normalized spacial score (nSPS) is 11.4. The third-order valence-corrected chi connectivity index (χ3v) is 2.23. The second kappa shape index (κ2) is 7.67. The number of benzene rings is 1. The summed E-state index contributed by atoms with van der Waals surface area (Å²) >= 11 is 0. The Labute approximate surface area is 90.1 Å². The van der Waals surface area contributed by atoms with Gasteiger partial charge in [0, 0.05) is 0 Å². The van der Waals surface area contributed by atoms with Crippen LogP contribution in [-0.4, -0.2) is 7.85 Å². The lowest BCUT2D eigenvalue weighted by molar-refractivity contribution is 0.560. The molecule has 0 saturated carbocycles. The van der Waals surface area contributed by atoms with E-state index in [9.17, 15) is 0 Å². The third-order valence-electron chi connectivity index (χ3n) is 2.23. The van der Waals surface area contributed by atoms with Gasteiger partial charge in [-0.05, 0) is 17.9 Å². The van der Waals surface area contributed by atoms with Crippen molar-refractivity contribution in [3.8, 4) is 0 Å². The second-order valence-corrected chi connectivity index (χ2v) is 3.46. The van der Waals surface area contributed by atoms with Crippen LogP contribution < -0.4 is 5.46 Å². The van der Waals surface area contributed by atoms with Gasteiger partial charge in [-0.1, -0.05) is 63.8 Å². The molecule has 0 saturated heterocycles. The molecular formula is C13H21B. The summed E-state index contributed by atoms with van der Waals surface area (Å²) in [7, 11) is 5.68. The van der Waals surface area contributed by atoms with Crippen LogP contribution in [0.3, 0.4) is 0 Å². The SMILES string of the molecule is CC.[B]c1cccc(CC(C)CC)c1. The van der Waals surface area contributed by atoms with Crippen molar-refractivity contribution < 1.29 is 0 Å². The maximum absolute atomic E-state index is 5.68. The second-order valence-electron chi connectivity index (χ2n) is 3.46. The van der Waals surface area contributed by atoms with Crippen LogP contribution in [-0.2, 0) is 6.42 Å². The number of rotatable bonds is 3. The summed E-state index contributed by atoms with van der Waals surface area (Å²) < 4.78 is 0. The highest BCUT2D eigenvalue weighted by atomic mass is 14.0. The minimum absolute atomic E-state index is 0.756. The van der Waals surface area contributed by atoms with E-state index in [4.69, 9.17) is 7.85 Å². The van der Waals surface area contributed by atoms with Gasteiger partial charge in [-0.3, -0.25) is 0 Å². The van der Waals surface area contributed by atoms with Crippen molar-refractivity contribution >= 4 is 13.3 Å². The molecular weight excluding hydrogens is 167 g/mol. The predicted octanol–water partition coefficient (Wildman–Crippen LogP) is 3.10. The van der Waals surface area contributed by atoms with Crippen LogP contribution in [0.4, 0.5) is 0 Å². The largest absolute Gasteiger partial charge is 0.113 e. The van der Waals surface area contributed by atoms with E-state index < -0.39 is 0 Å². The highest BCUT2D eigenvalue weighted by Gasteiger charge is 1.99. The van der Waals surface area contributed by atoms with Gasteiger partial charge in [0.15, 0.2) is 0 Å². The van der Waals surface area contributed by atoms with E-state index in [1.54, 1.807) is 0 Å². The molecule has 0 bridgehead atoms. The van der Waals surface area contributed by atoms with Crippen LogP contribution in [0.15, 0.2) is 24.3 Å². The highest BCUT2D eigenvalue weighted by Crippen LogP contribution is 2.09. The van der Waals surface area contributed by atoms with E-state index >= 15 is 0 Å². The van der Waals surface area contributed by atoms with Gasteiger partial charge in [0.2, 0.25) is 0 Å². The standard InChI is InChI=1S/C11H15B.C2H6/c1-3-9(2)7-10-5-4-6-11(12)8-10;1-2/h4-6,8-9H,3,7H2,1-2H3;1-2H3. The van der Waals surface area contributed by atoms with E-state index in [0.717, 1.165) is 17.8 Å². The Bertz CT molecular complexity index is 243. The van der Waals surface area contributed by atoms with Gasteiger partial charge >= 0.3 is 0 Å². The molecule has 1 rings (SSSR count). The molecule has 1 atom stereocenters. The van der Waals surface area contributed by atoms with E-state index in [1.807, 2.05) is 26.0 Å². The monoisotopic (exact) mass is 188 g/mol. The van der Waals surface area contributed by atoms with Gasteiger partial charge in [-0.15, -0.1) is 0 Å². The molecule has 0 amide bonds. The average molecular weight is 188 g/mol. The van der Waals surface area contributed by atoms with Crippen molar-refractivity contribution in [3.63, 3.8) is 0 Å². The molecule has 14 heavy (non-hydrogen) atoms. The molecule has 0 fully saturated rings. The molecule has 1 unspecified atom stereocenters. The molecule has 0 aliphatic rings. The molecule has 0 aliphatic carbocycles. The summed E-state index contributed by atoms with van der Waals surface area (Å²) in [6.45, 7) is 8.49. The molecule has 0 nitrogen and oxygen atoms in total. The lowest BCUT2D eigenvalue weighted by atomic mass is 9.91. The van der Waals surface area contributed by atoms with Crippen molar-refractivity contribution in [1.82, 2.24) is 0 Å². The van der Waals surface area contributed by atoms with Crippen molar-refractivity contribution in [3.05, 3.63) is 29.8 Å². The van der Waals surface area contributed by atoms with Gasteiger partial charge in [0.1, 0.15) is 7.85 Å². The highest BCUT2D eigenvalue weighted by molar-refractivity contribution is 6.32. The van der Waals surface area contributed by atoms with E-state index in [1.165, 1.54) is 12.0 Å². The molecule has 0 aromatic heterocycles. The summed E-state index contributed by atoms with van der Waals surface area (Å²) in [5.74, 6) is 0.756. The summed E-state index contributed by atoms with van der Waals surface area (Å²) in [4.78, 5) is 0. The first kappa shape index (κ1) is 13.3. The maximum atomic E-state index is 5.68. The third kappa shape index (κ3) is 5.11. The first-order valence-electron chi connectivity index (χ1n) is 5.56. The van der Waals surface area contributed by atoms with Crippen molar-refractivity contribution in [1.29, 1.82) is 0 Å². The first-order valence-corrected chi connectivity index (χ1v) is 5.56. The van der Waals surface area contributed by atoms with Crippen molar-refractivity contribution in [2.75, 3.05) is 0 Å².